The molecule has 0 saturated carbocycles. The Morgan fingerprint density at radius 1 is 1.00 bits per heavy atom. The van der Waals surface area contributed by atoms with Crippen LogP contribution in [-0.2, 0) is 16.2 Å². The molecule has 3 aromatic carbocycles. The number of carbonyl (C=O) groups is 2. The Morgan fingerprint density at radius 3 is 2.53 bits per heavy atom. The minimum Gasteiger partial charge on any atom is -0.489 e. The number of hydrogen-bond acceptors (Lipinski definition) is 4. The molecule has 3 rings (SSSR count). The number of rotatable bonds is 6. The fraction of sp³-hybridized carbons (Fsp3) is 0.0455. The van der Waals surface area contributed by atoms with Crippen LogP contribution < -0.4 is 15.5 Å². The second-order valence-electron chi connectivity index (χ2n) is 6.11. The lowest BCUT2D eigenvalue weighted by Crippen LogP contribution is -2.32. The van der Waals surface area contributed by atoms with Crippen LogP contribution in [0.3, 0.4) is 0 Å². The highest BCUT2D eigenvalue weighted by molar-refractivity contribution is 9.10. The Hall–Kier alpha value is -3.16. The standard InChI is InChI=1S/C22H17BrClN3O3/c23-17-8-10-18(11-9-17)26-21(28)22(29)27-25-13-15-4-3-6-19(12-15)30-14-16-5-1-2-7-20(16)24/h1-13H,14H2,(H,26,28)(H,27,29)/b25-13+. The molecule has 3 aromatic rings. The maximum Gasteiger partial charge on any atom is 0.329 e. The first-order valence-corrected chi connectivity index (χ1v) is 10.0. The van der Waals surface area contributed by atoms with Crippen molar-refractivity contribution < 1.29 is 14.3 Å². The van der Waals surface area contributed by atoms with Crippen molar-refractivity contribution in [3.63, 3.8) is 0 Å². The van der Waals surface area contributed by atoms with Crippen molar-refractivity contribution in [2.45, 2.75) is 6.61 Å². The van der Waals surface area contributed by atoms with Gasteiger partial charge in [-0.2, -0.15) is 5.10 Å². The van der Waals surface area contributed by atoms with Crippen LogP contribution >= 0.6 is 27.5 Å². The molecule has 0 aliphatic rings. The van der Waals surface area contributed by atoms with E-state index in [1.165, 1.54) is 6.21 Å². The van der Waals surface area contributed by atoms with Gasteiger partial charge in [-0.3, -0.25) is 9.59 Å². The molecular formula is C22H17BrClN3O3. The van der Waals surface area contributed by atoms with Gasteiger partial charge < -0.3 is 10.1 Å². The van der Waals surface area contributed by atoms with Gasteiger partial charge in [-0.1, -0.05) is 57.9 Å². The molecule has 0 saturated heterocycles. The zero-order valence-corrected chi connectivity index (χ0v) is 18.0. The van der Waals surface area contributed by atoms with Crippen LogP contribution in [0, 0.1) is 0 Å². The Balaban J connectivity index is 1.52. The molecule has 0 heterocycles. The van der Waals surface area contributed by atoms with Crippen molar-refractivity contribution in [3.05, 3.63) is 93.4 Å². The molecule has 0 aromatic heterocycles. The average Bonchev–Trinajstić information content (AvgIpc) is 2.75. The number of ether oxygens (including phenoxy) is 1. The maximum absolute atomic E-state index is 11.9. The number of amides is 2. The van der Waals surface area contributed by atoms with Gasteiger partial charge in [0.1, 0.15) is 12.4 Å². The second-order valence-corrected chi connectivity index (χ2v) is 7.44. The number of benzene rings is 3. The van der Waals surface area contributed by atoms with E-state index >= 15 is 0 Å². The van der Waals surface area contributed by atoms with Gasteiger partial charge >= 0.3 is 11.8 Å². The summed E-state index contributed by atoms with van der Waals surface area (Å²) in [6.07, 6.45) is 1.42. The van der Waals surface area contributed by atoms with Crippen LogP contribution in [0.15, 0.2) is 82.4 Å². The molecule has 0 bridgehead atoms. The second kappa shape index (κ2) is 10.6. The van der Waals surface area contributed by atoms with Gasteiger partial charge in [0.25, 0.3) is 0 Å². The molecule has 0 spiro atoms. The largest absolute Gasteiger partial charge is 0.489 e. The van der Waals surface area contributed by atoms with E-state index in [0.717, 1.165) is 10.0 Å². The normalized spacial score (nSPS) is 10.6. The molecule has 2 N–H and O–H groups in total. The third kappa shape index (κ3) is 6.43. The zero-order valence-electron chi connectivity index (χ0n) is 15.6. The summed E-state index contributed by atoms with van der Waals surface area (Å²) in [7, 11) is 0. The highest BCUT2D eigenvalue weighted by Gasteiger charge is 2.12. The van der Waals surface area contributed by atoms with Gasteiger partial charge in [0.15, 0.2) is 0 Å². The van der Waals surface area contributed by atoms with E-state index in [-0.39, 0.29) is 0 Å². The Bertz CT molecular complexity index is 1070. The molecule has 30 heavy (non-hydrogen) atoms. The minimum atomic E-state index is -0.875. The number of hydrogen-bond donors (Lipinski definition) is 2. The van der Waals surface area contributed by atoms with Gasteiger partial charge in [-0.15, -0.1) is 0 Å². The first kappa shape index (κ1) is 21.5. The first-order chi connectivity index (χ1) is 14.5. The fourth-order valence-corrected chi connectivity index (χ4v) is 2.85. The van der Waals surface area contributed by atoms with E-state index in [1.54, 1.807) is 54.6 Å². The summed E-state index contributed by atoms with van der Waals surface area (Å²) in [5, 5.41) is 6.95. The molecule has 8 heteroatoms. The molecule has 2 amide bonds. The van der Waals surface area contributed by atoms with Crippen LogP contribution in [0.5, 0.6) is 5.75 Å². The number of carbonyl (C=O) groups excluding carboxylic acids is 2. The van der Waals surface area contributed by atoms with Gasteiger partial charge in [-0.25, -0.2) is 5.43 Å². The molecule has 0 fully saturated rings. The SMILES string of the molecule is O=C(N/N=C/c1cccc(OCc2ccccc2Cl)c1)C(=O)Nc1ccc(Br)cc1. The van der Waals surface area contributed by atoms with Crippen LogP contribution in [0.4, 0.5) is 5.69 Å². The molecule has 0 aliphatic carbocycles. The van der Waals surface area contributed by atoms with Crippen molar-refractivity contribution >= 4 is 51.2 Å². The number of halogens is 2. The summed E-state index contributed by atoms with van der Waals surface area (Å²) < 4.78 is 6.62. The van der Waals surface area contributed by atoms with Crippen LogP contribution in [0.25, 0.3) is 0 Å². The van der Waals surface area contributed by atoms with Crippen LogP contribution in [-0.4, -0.2) is 18.0 Å². The van der Waals surface area contributed by atoms with Crippen molar-refractivity contribution in [1.29, 1.82) is 0 Å². The number of nitrogens with one attached hydrogen (secondary N) is 2. The quantitative estimate of drug-likeness (QED) is 0.299. The summed E-state index contributed by atoms with van der Waals surface area (Å²) in [5.41, 5.74) is 4.28. The molecule has 0 radical (unpaired) electrons. The predicted octanol–water partition coefficient (Wildman–Crippen LogP) is 4.77. The fourth-order valence-electron chi connectivity index (χ4n) is 2.40. The average molecular weight is 487 g/mol. The van der Waals surface area contributed by atoms with Gasteiger partial charge in [0.2, 0.25) is 0 Å². The van der Waals surface area contributed by atoms with Crippen LogP contribution in [0.2, 0.25) is 5.02 Å². The van der Waals surface area contributed by atoms with Crippen molar-refractivity contribution in [2.75, 3.05) is 5.32 Å². The highest BCUT2D eigenvalue weighted by atomic mass is 79.9. The van der Waals surface area contributed by atoms with Crippen LogP contribution in [0.1, 0.15) is 11.1 Å². The molecule has 6 nitrogen and oxygen atoms in total. The lowest BCUT2D eigenvalue weighted by Gasteiger charge is -2.08. The summed E-state index contributed by atoms with van der Waals surface area (Å²) in [5.74, 6) is -1.07. The highest BCUT2D eigenvalue weighted by Crippen LogP contribution is 2.19. The maximum atomic E-state index is 11.9. The lowest BCUT2D eigenvalue weighted by atomic mass is 10.2. The number of nitrogens with zero attached hydrogens (tertiary/aromatic N) is 1. The molecule has 152 valence electrons. The summed E-state index contributed by atoms with van der Waals surface area (Å²) in [6, 6.07) is 21.5. The number of hydrazone groups is 1. The monoisotopic (exact) mass is 485 g/mol. The summed E-state index contributed by atoms with van der Waals surface area (Å²) >= 11 is 9.43. The van der Waals surface area contributed by atoms with E-state index in [0.29, 0.717) is 28.6 Å². The number of anilines is 1. The van der Waals surface area contributed by atoms with Crippen molar-refractivity contribution in [1.82, 2.24) is 5.43 Å². The Labute approximate surface area is 187 Å². The molecule has 0 aliphatic heterocycles. The van der Waals surface area contributed by atoms with E-state index in [2.05, 4.69) is 31.8 Å². The van der Waals surface area contributed by atoms with E-state index in [9.17, 15) is 9.59 Å². The van der Waals surface area contributed by atoms with E-state index in [1.807, 2.05) is 18.2 Å². The lowest BCUT2D eigenvalue weighted by molar-refractivity contribution is -0.136. The zero-order chi connectivity index (χ0) is 21.3. The smallest absolute Gasteiger partial charge is 0.329 e. The van der Waals surface area contributed by atoms with Gasteiger partial charge in [-0.05, 0) is 48.0 Å². The van der Waals surface area contributed by atoms with Crippen molar-refractivity contribution in [3.8, 4) is 5.75 Å². The Kier molecular flexibility index (Phi) is 7.59. The third-order valence-corrected chi connectivity index (χ3v) is 4.80. The molecule has 0 unspecified atom stereocenters. The summed E-state index contributed by atoms with van der Waals surface area (Å²) in [4.78, 5) is 23.8. The van der Waals surface area contributed by atoms with Gasteiger partial charge in [0, 0.05) is 20.7 Å². The molecular weight excluding hydrogens is 470 g/mol. The van der Waals surface area contributed by atoms with Gasteiger partial charge in [0.05, 0.1) is 6.21 Å². The minimum absolute atomic E-state index is 0.327. The third-order valence-electron chi connectivity index (χ3n) is 3.90. The Morgan fingerprint density at radius 2 is 1.77 bits per heavy atom. The van der Waals surface area contributed by atoms with Crippen molar-refractivity contribution in [2.24, 2.45) is 5.10 Å². The molecule has 0 atom stereocenters. The van der Waals surface area contributed by atoms with E-state index < -0.39 is 11.8 Å². The predicted molar refractivity (Wildman–Crippen MR) is 121 cm³/mol. The topological polar surface area (TPSA) is 79.8 Å². The first-order valence-electron chi connectivity index (χ1n) is 8.87. The summed E-state index contributed by atoms with van der Waals surface area (Å²) in [6.45, 7) is 0.327. The van der Waals surface area contributed by atoms with E-state index in [4.69, 9.17) is 16.3 Å².